The molecule has 0 unspecified atom stereocenters. The van der Waals surface area contributed by atoms with Crippen LogP contribution in [0.15, 0.2) is 0 Å². The molecule has 90 valence electrons. The fourth-order valence-corrected chi connectivity index (χ4v) is 1.54. The largest absolute Gasteiger partial charge is 0.396 e. The van der Waals surface area contributed by atoms with Crippen molar-refractivity contribution in [1.29, 1.82) is 0 Å². The van der Waals surface area contributed by atoms with E-state index in [2.05, 4.69) is 24.1 Å². The number of aliphatic hydroxyl groups excluding tert-OH is 1. The molecule has 4 heteroatoms. The predicted molar refractivity (Wildman–Crippen MR) is 61.0 cm³/mol. The maximum atomic E-state index is 9.08. The van der Waals surface area contributed by atoms with Crippen molar-refractivity contribution in [2.75, 3.05) is 52.5 Å². The Hall–Kier alpha value is -0.160. The van der Waals surface area contributed by atoms with E-state index in [0.29, 0.717) is 0 Å². The zero-order valence-corrected chi connectivity index (χ0v) is 9.96. The molecular weight excluding hydrogens is 192 g/mol. The molecule has 2 N–H and O–H groups in total. The van der Waals surface area contributed by atoms with Crippen LogP contribution in [0.4, 0.5) is 0 Å². The van der Waals surface area contributed by atoms with Crippen LogP contribution in [-0.2, 0) is 4.74 Å². The van der Waals surface area contributed by atoms with Crippen LogP contribution in [0.3, 0.4) is 0 Å². The van der Waals surface area contributed by atoms with E-state index in [4.69, 9.17) is 9.84 Å². The minimum absolute atomic E-state index is 0.00892. The maximum absolute atomic E-state index is 9.08. The molecule has 0 bridgehead atoms. The average molecular weight is 216 g/mol. The highest BCUT2D eigenvalue weighted by Gasteiger charge is 2.15. The SMILES string of the molecule is CC(C)(CO)CNCCN1CCOCC1. The van der Waals surface area contributed by atoms with Crippen LogP contribution in [0.2, 0.25) is 0 Å². The molecule has 1 heterocycles. The molecule has 1 rings (SSSR count). The Morgan fingerprint density at radius 1 is 1.33 bits per heavy atom. The molecule has 1 aliphatic rings. The number of nitrogens with zero attached hydrogens (tertiary/aromatic N) is 1. The predicted octanol–water partition coefficient (Wildman–Crippen LogP) is -0.0733. The van der Waals surface area contributed by atoms with Gasteiger partial charge in [0.1, 0.15) is 0 Å². The second kappa shape index (κ2) is 6.43. The van der Waals surface area contributed by atoms with Gasteiger partial charge in [0, 0.05) is 44.7 Å². The fourth-order valence-electron chi connectivity index (χ4n) is 1.54. The van der Waals surface area contributed by atoms with E-state index in [1.807, 2.05) is 0 Å². The summed E-state index contributed by atoms with van der Waals surface area (Å²) in [6.45, 7) is 11.1. The van der Waals surface area contributed by atoms with Crippen LogP contribution >= 0.6 is 0 Å². The van der Waals surface area contributed by atoms with Crippen molar-refractivity contribution in [3.63, 3.8) is 0 Å². The topological polar surface area (TPSA) is 44.7 Å². The Morgan fingerprint density at radius 3 is 2.60 bits per heavy atom. The summed E-state index contributed by atoms with van der Waals surface area (Å²) in [6, 6.07) is 0. The van der Waals surface area contributed by atoms with Crippen LogP contribution in [0.25, 0.3) is 0 Å². The van der Waals surface area contributed by atoms with Crippen LogP contribution in [-0.4, -0.2) is 62.6 Å². The first-order valence-electron chi connectivity index (χ1n) is 5.76. The average Bonchev–Trinajstić information content (AvgIpc) is 2.26. The zero-order valence-electron chi connectivity index (χ0n) is 9.96. The third-order valence-electron chi connectivity index (χ3n) is 2.74. The standard InChI is InChI=1S/C11H24N2O2/c1-11(2,10-14)9-12-3-4-13-5-7-15-8-6-13/h12,14H,3-10H2,1-2H3. The van der Waals surface area contributed by atoms with Crippen molar-refractivity contribution in [2.45, 2.75) is 13.8 Å². The van der Waals surface area contributed by atoms with Gasteiger partial charge in [0.25, 0.3) is 0 Å². The number of aliphatic hydroxyl groups is 1. The number of hydrogen-bond donors (Lipinski definition) is 2. The van der Waals surface area contributed by atoms with Gasteiger partial charge in [-0.15, -0.1) is 0 Å². The lowest BCUT2D eigenvalue weighted by atomic mass is 9.95. The summed E-state index contributed by atoms with van der Waals surface area (Å²) in [5, 5.41) is 12.5. The summed E-state index contributed by atoms with van der Waals surface area (Å²) in [6.07, 6.45) is 0. The van der Waals surface area contributed by atoms with E-state index in [0.717, 1.165) is 45.9 Å². The van der Waals surface area contributed by atoms with Gasteiger partial charge in [-0.25, -0.2) is 0 Å². The van der Waals surface area contributed by atoms with Crippen LogP contribution in [0.1, 0.15) is 13.8 Å². The molecule has 0 atom stereocenters. The molecule has 1 aliphatic heterocycles. The van der Waals surface area contributed by atoms with Crippen molar-refractivity contribution in [2.24, 2.45) is 5.41 Å². The minimum atomic E-state index is -0.00892. The van der Waals surface area contributed by atoms with Gasteiger partial charge in [0.15, 0.2) is 0 Å². The van der Waals surface area contributed by atoms with E-state index in [1.54, 1.807) is 0 Å². The molecule has 15 heavy (non-hydrogen) atoms. The summed E-state index contributed by atoms with van der Waals surface area (Å²) in [5.41, 5.74) is -0.00892. The first-order valence-corrected chi connectivity index (χ1v) is 5.76. The van der Waals surface area contributed by atoms with Crippen LogP contribution in [0.5, 0.6) is 0 Å². The molecule has 0 amide bonds. The van der Waals surface area contributed by atoms with Crippen molar-refractivity contribution < 1.29 is 9.84 Å². The quantitative estimate of drug-likeness (QED) is 0.610. The highest BCUT2D eigenvalue weighted by molar-refractivity contribution is 4.71. The lowest BCUT2D eigenvalue weighted by molar-refractivity contribution is 0.0379. The summed E-state index contributed by atoms with van der Waals surface area (Å²) in [5.74, 6) is 0. The Bertz CT molecular complexity index is 168. The highest BCUT2D eigenvalue weighted by atomic mass is 16.5. The zero-order chi connectivity index (χ0) is 11.1. The molecule has 0 aromatic heterocycles. The van der Waals surface area contributed by atoms with E-state index in [1.165, 1.54) is 0 Å². The number of morpholine rings is 1. The van der Waals surface area contributed by atoms with Crippen molar-refractivity contribution >= 4 is 0 Å². The fraction of sp³-hybridized carbons (Fsp3) is 1.00. The lowest BCUT2D eigenvalue weighted by Crippen LogP contribution is -2.42. The monoisotopic (exact) mass is 216 g/mol. The minimum Gasteiger partial charge on any atom is -0.396 e. The smallest absolute Gasteiger partial charge is 0.0594 e. The van der Waals surface area contributed by atoms with Crippen LogP contribution in [0, 0.1) is 5.41 Å². The third kappa shape index (κ3) is 5.47. The van der Waals surface area contributed by atoms with E-state index in [9.17, 15) is 0 Å². The van der Waals surface area contributed by atoms with Gasteiger partial charge in [0.2, 0.25) is 0 Å². The molecule has 0 aromatic rings. The van der Waals surface area contributed by atoms with Gasteiger partial charge in [-0.3, -0.25) is 4.90 Å². The molecule has 0 radical (unpaired) electrons. The second-order valence-corrected chi connectivity index (χ2v) is 4.95. The third-order valence-corrected chi connectivity index (χ3v) is 2.74. The lowest BCUT2D eigenvalue weighted by Gasteiger charge is -2.27. The molecule has 4 nitrogen and oxygen atoms in total. The van der Waals surface area contributed by atoms with Gasteiger partial charge in [0.05, 0.1) is 13.2 Å². The van der Waals surface area contributed by atoms with Gasteiger partial charge in [-0.2, -0.15) is 0 Å². The second-order valence-electron chi connectivity index (χ2n) is 4.95. The van der Waals surface area contributed by atoms with Gasteiger partial charge in [-0.1, -0.05) is 13.8 Å². The van der Waals surface area contributed by atoms with E-state index >= 15 is 0 Å². The molecular formula is C11H24N2O2. The van der Waals surface area contributed by atoms with Crippen molar-refractivity contribution in [1.82, 2.24) is 10.2 Å². The van der Waals surface area contributed by atoms with E-state index in [-0.39, 0.29) is 12.0 Å². The van der Waals surface area contributed by atoms with Crippen molar-refractivity contribution in [3.05, 3.63) is 0 Å². The Morgan fingerprint density at radius 2 is 2.00 bits per heavy atom. The Labute approximate surface area is 92.6 Å². The molecule has 0 spiro atoms. The number of nitrogens with one attached hydrogen (secondary N) is 1. The molecule has 1 fully saturated rings. The summed E-state index contributed by atoms with van der Waals surface area (Å²) >= 11 is 0. The van der Waals surface area contributed by atoms with Gasteiger partial charge in [-0.05, 0) is 0 Å². The summed E-state index contributed by atoms with van der Waals surface area (Å²) in [4.78, 5) is 2.41. The van der Waals surface area contributed by atoms with Crippen molar-refractivity contribution in [3.8, 4) is 0 Å². The van der Waals surface area contributed by atoms with E-state index < -0.39 is 0 Å². The number of rotatable bonds is 6. The Kier molecular flexibility index (Phi) is 5.53. The van der Waals surface area contributed by atoms with Gasteiger partial charge >= 0.3 is 0 Å². The molecule has 0 aromatic carbocycles. The summed E-state index contributed by atoms with van der Waals surface area (Å²) < 4.78 is 5.28. The molecule has 0 aliphatic carbocycles. The number of hydrogen-bond acceptors (Lipinski definition) is 4. The maximum Gasteiger partial charge on any atom is 0.0594 e. The van der Waals surface area contributed by atoms with Crippen LogP contribution < -0.4 is 5.32 Å². The Balaban J connectivity index is 2.00. The molecule has 1 saturated heterocycles. The van der Waals surface area contributed by atoms with Gasteiger partial charge < -0.3 is 15.2 Å². The first-order chi connectivity index (χ1) is 7.14. The number of ether oxygens (including phenoxy) is 1. The normalized spacial score (nSPS) is 19.4. The highest BCUT2D eigenvalue weighted by Crippen LogP contribution is 2.10. The molecule has 0 saturated carbocycles. The first kappa shape index (κ1) is 12.9. The summed E-state index contributed by atoms with van der Waals surface area (Å²) in [7, 11) is 0.